The molecule has 0 unspecified atom stereocenters. The molecule has 8 heteroatoms. The fraction of sp³-hybridized carbons (Fsp3) is 0.304. The number of aliphatic carboxylic acids is 1. The molecule has 1 saturated heterocycles. The number of fused-ring (bicyclic) bond motifs is 1. The molecule has 162 valence electrons. The fourth-order valence-electron chi connectivity index (χ4n) is 3.90. The average Bonchev–Trinajstić information content (AvgIpc) is 3.20. The summed E-state index contributed by atoms with van der Waals surface area (Å²) in [5.74, 6) is 0.102. The zero-order chi connectivity index (χ0) is 22.1. The zero-order valence-corrected chi connectivity index (χ0v) is 19.2. The van der Waals surface area contributed by atoms with Crippen molar-refractivity contribution >= 4 is 44.5 Å². The minimum Gasteiger partial charge on any atom is -0.491 e. The molecule has 1 aliphatic rings. The first kappa shape index (κ1) is 21.9. The predicted molar refractivity (Wildman–Crippen MR) is 123 cm³/mol. The third kappa shape index (κ3) is 4.49. The lowest BCUT2D eigenvalue weighted by atomic mass is 10.1. The normalized spacial score (nSPS) is 16.7. The van der Waals surface area contributed by atoms with Crippen LogP contribution in [0.15, 0.2) is 50.1 Å². The molecule has 2 heterocycles. The molecule has 0 saturated carbocycles. The molecule has 31 heavy (non-hydrogen) atoms. The number of likely N-dealkylation sites (tertiary alicyclic amines) is 1. The van der Waals surface area contributed by atoms with Crippen LogP contribution in [0.5, 0.6) is 5.75 Å². The maximum Gasteiger partial charge on any atom is 0.320 e. The first-order valence-corrected chi connectivity index (χ1v) is 11.1. The molecule has 1 fully saturated rings. The molecule has 1 N–H and O–H groups in total. The van der Waals surface area contributed by atoms with Gasteiger partial charge in [0.15, 0.2) is 11.0 Å². The number of hydrogen-bond acceptors (Lipinski definition) is 5. The van der Waals surface area contributed by atoms with Gasteiger partial charge in [-0.25, -0.2) is 0 Å². The minimum atomic E-state index is -0.800. The topological polar surface area (TPSA) is 80.0 Å². The second kappa shape index (κ2) is 9.02. The first-order chi connectivity index (χ1) is 14.8. The number of halogens is 2. The Morgan fingerprint density at radius 1 is 1.35 bits per heavy atom. The Kier molecular flexibility index (Phi) is 6.36. The summed E-state index contributed by atoms with van der Waals surface area (Å²) in [6.45, 7) is 3.48. The predicted octanol–water partition coefficient (Wildman–Crippen LogP) is 5.11. The Bertz CT molecular complexity index is 1210. The summed E-state index contributed by atoms with van der Waals surface area (Å²) in [7, 11) is 0. The van der Waals surface area contributed by atoms with Crippen LogP contribution < -0.4 is 10.2 Å². The monoisotopic (exact) mass is 505 g/mol. The van der Waals surface area contributed by atoms with Gasteiger partial charge >= 0.3 is 5.97 Å². The van der Waals surface area contributed by atoms with Crippen molar-refractivity contribution in [3.8, 4) is 17.1 Å². The number of rotatable bonds is 6. The average molecular weight is 507 g/mol. The van der Waals surface area contributed by atoms with Crippen LogP contribution in [0.2, 0.25) is 5.02 Å². The molecule has 3 aromatic rings. The van der Waals surface area contributed by atoms with E-state index in [4.69, 9.17) is 20.8 Å². The number of benzene rings is 2. The number of hydrogen-bond donors (Lipinski definition) is 1. The van der Waals surface area contributed by atoms with Crippen LogP contribution in [0.25, 0.3) is 22.3 Å². The van der Waals surface area contributed by atoms with Crippen LogP contribution in [-0.2, 0) is 4.79 Å². The van der Waals surface area contributed by atoms with Crippen molar-refractivity contribution in [3.63, 3.8) is 0 Å². The summed E-state index contributed by atoms with van der Waals surface area (Å²) in [4.78, 5) is 26.0. The van der Waals surface area contributed by atoms with E-state index in [0.29, 0.717) is 52.6 Å². The first-order valence-electron chi connectivity index (χ1n) is 9.97. The summed E-state index contributed by atoms with van der Waals surface area (Å²) in [6.07, 6.45) is 1.51. The fourth-order valence-corrected chi connectivity index (χ4v) is 4.43. The Hall–Kier alpha value is -2.35. The summed E-state index contributed by atoms with van der Waals surface area (Å²) < 4.78 is 12.9. The van der Waals surface area contributed by atoms with E-state index in [-0.39, 0.29) is 5.43 Å². The van der Waals surface area contributed by atoms with Crippen molar-refractivity contribution in [2.24, 2.45) is 0 Å². The lowest BCUT2D eigenvalue weighted by Gasteiger charge is -2.21. The van der Waals surface area contributed by atoms with Crippen LogP contribution in [-0.4, -0.2) is 41.7 Å². The largest absolute Gasteiger partial charge is 0.491 e. The van der Waals surface area contributed by atoms with E-state index < -0.39 is 12.0 Å². The van der Waals surface area contributed by atoms with E-state index in [9.17, 15) is 14.7 Å². The second-order valence-electron chi connectivity index (χ2n) is 7.57. The molecule has 0 aliphatic carbocycles. The number of para-hydroxylation sites is 1. The molecule has 4 rings (SSSR count). The molecule has 1 atom stereocenters. The summed E-state index contributed by atoms with van der Waals surface area (Å²) in [5, 5.41) is 10.1. The van der Waals surface area contributed by atoms with Crippen molar-refractivity contribution in [2.45, 2.75) is 25.8 Å². The number of carboxylic acid groups (broad SMARTS) is 1. The maximum absolute atomic E-state index is 12.6. The zero-order valence-electron chi connectivity index (χ0n) is 16.9. The molecule has 1 aliphatic heterocycles. The van der Waals surface area contributed by atoms with Crippen LogP contribution in [0.1, 0.15) is 18.4 Å². The molecule has 6 nitrogen and oxygen atoms in total. The highest BCUT2D eigenvalue weighted by atomic mass is 79.9. The number of ether oxygens (including phenoxy) is 1. The number of aryl methyl sites for hydroxylation is 1. The highest BCUT2D eigenvalue weighted by Gasteiger charge is 2.30. The van der Waals surface area contributed by atoms with E-state index in [1.165, 1.54) is 6.07 Å². The van der Waals surface area contributed by atoms with Crippen molar-refractivity contribution in [1.29, 1.82) is 0 Å². The summed E-state index contributed by atoms with van der Waals surface area (Å²) in [6, 6.07) is 9.76. The van der Waals surface area contributed by atoms with Gasteiger partial charge in [-0.2, -0.15) is 0 Å². The molecule has 2 aromatic carbocycles. The van der Waals surface area contributed by atoms with Crippen LogP contribution in [0, 0.1) is 6.92 Å². The van der Waals surface area contributed by atoms with Gasteiger partial charge in [0.2, 0.25) is 0 Å². The molecule has 1 aromatic heterocycles. The van der Waals surface area contributed by atoms with Crippen molar-refractivity contribution in [3.05, 3.63) is 61.7 Å². The number of carbonyl (C=O) groups is 1. The van der Waals surface area contributed by atoms with Gasteiger partial charge < -0.3 is 14.3 Å². The minimum absolute atomic E-state index is 0.188. The van der Waals surface area contributed by atoms with Gasteiger partial charge in [0.25, 0.3) is 0 Å². The number of nitrogens with zero attached hydrogens (tertiary/aromatic N) is 1. The summed E-state index contributed by atoms with van der Waals surface area (Å²) in [5.41, 5.74) is 1.73. The number of carboxylic acids is 1. The van der Waals surface area contributed by atoms with E-state index in [2.05, 4.69) is 15.9 Å². The van der Waals surface area contributed by atoms with Gasteiger partial charge in [0.05, 0.1) is 16.0 Å². The van der Waals surface area contributed by atoms with Crippen LogP contribution >= 0.6 is 27.5 Å². The maximum atomic E-state index is 12.6. The van der Waals surface area contributed by atoms with Gasteiger partial charge in [-0.3, -0.25) is 14.5 Å². The highest BCUT2D eigenvalue weighted by Crippen LogP contribution is 2.36. The smallest absolute Gasteiger partial charge is 0.320 e. The third-order valence-corrected chi connectivity index (χ3v) is 6.67. The second-order valence-corrected chi connectivity index (χ2v) is 8.83. The van der Waals surface area contributed by atoms with Gasteiger partial charge in [0.1, 0.15) is 24.2 Å². The van der Waals surface area contributed by atoms with Crippen LogP contribution in [0.4, 0.5) is 0 Å². The standard InChI is InChI=1S/C23H21BrClNO5/c1-13-10-15(21-12-19(27)14-4-2-5-17(25)22(14)31-21)20(11-16(13)24)30-9-8-26-7-3-6-18(26)23(28)29/h2,4-5,10-12,18H,3,6-9H2,1H3,(H,28,29)/t18-/m1/s1. The highest BCUT2D eigenvalue weighted by molar-refractivity contribution is 9.10. The van der Waals surface area contributed by atoms with Gasteiger partial charge in [0, 0.05) is 17.1 Å². The van der Waals surface area contributed by atoms with Crippen LogP contribution in [0.3, 0.4) is 0 Å². The molecular weight excluding hydrogens is 486 g/mol. The summed E-state index contributed by atoms with van der Waals surface area (Å²) >= 11 is 9.78. The molecule has 0 radical (unpaired) electrons. The van der Waals surface area contributed by atoms with Gasteiger partial charge in [-0.1, -0.05) is 33.6 Å². The van der Waals surface area contributed by atoms with E-state index in [1.807, 2.05) is 24.0 Å². The van der Waals surface area contributed by atoms with Crippen molar-refractivity contribution in [2.75, 3.05) is 19.7 Å². The molecule has 0 bridgehead atoms. The van der Waals surface area contributed by atoms with E-state index in [0.717, 1.165) is 23.0 Å². The quantitative estimate of drug-likeness (QED) is 0.500. The molecular formula is C23H21BrClNO5. The Labute approximate surface area is 192 Å². The Balaban J connectivity index is 1.65. The molecule has 0 spiro atoms. The lowest BCUT2D eigenvalue weighted by molar-refractivity contribution is -0.142. The Morgan fingerprint density at radius 2 is 2.16 bits per heavy atom. The SMILES string of the molecule is Cc1cc(-c2cc(=O)c3cccc(Cl)c3o2)c(OCCN2CCC[C@@H]2C(=O)O)cc1Br. The molecule has 0 amide bonds. The van der Waals surface area contributed by atoms with Gasteiger partial charge in [-0.05, 0) is 56.1 Å². The van der Waals surface area contributed by atoms with Crippen molar-refractivity contribution in [1.82, 2.24) is 4.90 Å². The van der Waals surface area contributed by atoms with E-state index >= 15 is 0 Å². The third-order valence-electron chi connectivity index (χ3n) is 5.52. The van der Waals surface area contributed by atoms with Gasteiger partial charge in [-0.15, -0.1) is 0 Å². The van der Waals surface area contributed by atoms with Crippen molar-refractivity contribution < 1.29 is 19.1 Å². The van der Waals surface area contributed by atoms with E-state index in [1.54, 1.807) is 18.2 Å². The lowest BCUT2D eigenvalue weighted by Crippen LogP contribution is -2.38. The Morgan fingerprint density at radius 3 is 2.94 bits per heavy atom.